The van der Waals surface area contributed by atoms with Crippen LogP contribution in [0.4, 0.5) is 4.39 Å². The molecule has 0 bridgehead atoms. The van der Waals surface area contributed by atoms with Crippen molar-refractivity contribution in [2.45, 2.75) is 13.5 Å². The summed E-state index contributed by atoms with van der Waals surface area (Å²) >= 11 is 0. The Kier molecular flexibility index (Phi) is 5.36. The van der Waals surface area contributed by atoms with Gasteiger partial charge >= 0.3 is 5.97 Å². The fraction of sp³-hybridized carbons (Fsp3) is 0.0769. The number of imidazole rings is 1. The third-order valence-corrected chi connectivity index (χ3v) is 5.16. The normalized spacial score (nSPS) is 11.0. The van der Waals surface area contributed by atoms with Gasteiger partial charge in [-0.25, -0.2) is 14.4 Å². The minimum Gasteiger partial charge on any atom is -0.461 e. The molecule has 0 atom stereocenters. The van der Waals surface area contributed by atoms with Gasteiger partial charge in [0.1, 0.15) is 23.8 Å². The van der Waals surface area contributed by atoms with E-state index >= 15 is 0 Å². The molecule has 0 saturated carbocycles. The molecule has 162 valence electrons. The fourth-order valence-electron chi connectivity index (χ4n) is 3.58. The van der Waals surface area contributed by atoms with E-state index in [1.54, 1.807) is 6.07 Å². The zero-order chi connectivity index (χ0) is 22.8. The van der Waals surface area contributed by atoms with Crippen molar-refractivity contribution >= 4 is 17.1 Å². The minimum absolute atomic E-state index is 0.213. The molecule has 0 amide bonds. The molecule has 0 saturated heterocycles. The maximum Gasteiger partial charge on any atom is 0.302 e. The minimum atomic E-state index is -0.398. The second-order valence-corrected chi connectivity index (χ2v) is 7.48. The van der Waals surface area contributed by atoms with Crippen LogP contribution in [0, 0.1) is 5.82 Å². The molecule has 33 heavy (non-hydrogen) atoms. The van der Waals surface area contributed by atoms with E-state index in [4.69, 9.17) is 14.7 Å². The monoisotopic (exact) mass is 438 g/mol. The van der Waals surface area contributed by atoms with E-state index in [1.807, 2.05) is 71.3 Å². The second-order valence-electron chi connectivity index (χ2n) is 7.48. The van der Waals surface area contributed by atoms with Gasteiger partial charge in [0.15, 0.2) is 5.65 Å². The molecule has 3 heterocycles. The van der Waals surface area contributed by atoms with E-state index in [1.165, 1.54) is 19.2 Å². The highest BCUT2D eigenvalue weighted by molar-refractivity contribution is 5.82. The van der Waals surface area contributed by atoms with Crippen molar-refractivity contribution in [2.24, 2.45) is 0 Å². The van der Waals surface area contributed by atoms with Crippen LogP contribution in [0.25, 0.3) is 39.6 Å². The first kappa shape index (κ1) is 20.5. The Morgan fingerprint density at radius 2 is 1.67 bits per heavy atom. The highest BCUT2D eigenvalue weighted by atomic mass is 19.1. The number of rotatable bonds is 5. The van der Waals surface area contributed by atoms with Crippen molar-refractivity contribution in [3.05, 3.63) is 96.4 Å². The number of benzene rings is 2. The number of carbonyl (C=O) groups is 1. The number of fused-ring (bicyclic) bond motifs is 1. The Morgan fingerprint density at radius 3 is 2.36 bits per heavy atom. The number of hydrogen-bond acceptors (Lipinski definition) is 5. The van der Waals surface area contributed by atoms with Gasteiger partial charge in [-0.3, -0.25) is 14.3 Å². The Balaban J connectivity index is 1.66. The number of halogens is 1. The number of esters is 1. The molecule has 0 aliphatic carbocycles. The summed E-state index contributed by atoms with van der Waals surface area (Å²) in [6.45, 7) is 1.60. The molecule has 0 spiro atoms. The molecule has 0 aliphatic rings. The predicted molar refractivity (Wildman–Crippen MR) is 123 cm³/mol. The Labute approximate surface area is 189 Å². The largest absolute Gasteiger partial charge is 0.461 e. The molecule has 7 heteroatoms. The molecule has 0 fully saturated rings. The Morgan fingerprint density at radius 1 is 0.909 bits per heavy atom. The van der Waals surface area contributed by atoms with Crippen molar-refractivity contribution in [1.29, 1.82) is 0 Å². The van der Waals surface area contributed by atoms with Crippen molar-refractivity contribution in [3.63, 3.8) is 0 Å². The van der Waals surface area contributed by atoms with Gasteiger partial charge in [0.05, 0.1) is 17.6 Å². The van der Waals surface area contributed by atoms with E-state index in [9.17, 15) is 9.18 Å². The predicted octanol–water partition coefficient (Wildman–Crippen LogP) is 5.35. The quantitative estimate of drug-likeness (QED) is 0.346. The topological polar surface area (TPSA) is 69.9 Å². The summed E-state index contributed by atoms with van der Waals surface area (Å²) in [5, 5.41) is 0. The number of nitrogens with zero attached hydrogens (tertiary/aromatic N) is 4. The number of ether oxygens (including phenoxy) is 1. The van der Waals surface area contributed by atoms with E-state index in [0.717, 1.165) is 28.2 Å². The molecule has 6 nitrogen and oxygen atoms in total. The third-order valence-electron chi connectivity index (χ3n) is 5.16. The molecular formula is C26H19FN4O2. The number of aromatic nitrogens is 4. The number of carbonyl (C=O) groups excluding carboxylic acids is 1. The van der Waals surface area contributed by atoms with Gasteiger partial charge < -0.3 is 4.74 Å². The van der Waals surface area contributed by atoms with Crippen LogP contribution in [-0.4, -0.2) is 25.5 Å². The SMILES string of the molecule is CC(=O)OCc1ccc(-n2c(-c3ccccc3)nc3ccc(-c4ccc(F)cn4)nc32)cc1. The summed E-state index contributed by atoms with van der Waals surface area (Å²) < 4.78 is 20.4. The molecule has 0 aliphatic heterocycles. The summed E-state index contributed by atoms with van der Waals surface area (Å²) in [6, 6.07) is 24.3. The van der Waals surface area contributed by atoms with E-state index in [2.05, 4.69) is 4.98 Å². The van der Waals surface area contributed by atoms with Crippen LogP contribution in [0.1, 0.15) is 12.5 Å². The summed E-state index contributed by atoms with van der Waals surface area (Å²) in [5.74, 6) is 0.0253. The van der Waals surface area contributed by atoms with Crippen LogP contribution in [-0.2, 0) is 16.1 Å². The standard InChI is InChI=1S/C26H19FN4O2/c1-17(32)33-16-18-7-10-21(11-8-18)31-25(19-5-3-2-4-6-19)30-24-14-13-23(29-26(24)31)22-12-9-20(27)15-28-22/h2-15H,16H2,1H3. The smallest absolute Gasteiger partial charge is 0.302 e. The van der Waals surface area contributed by atoms with Crippen molar-refractivity contribution < 1.29 is 13.9 Å². The molecule has 3 aromatic heterocycles. The van der Waals surface area contributed by atoms with Crippen LogP contribution in [0.3, 0.4) is 0 Å². The van der Waals surface area contributed by atoms with Gasteiger partial charge in [0, 0.05) is 18.2 Å². The molecule has 2 aromatic carbocycles. The summed E-state index contributed by atoms with van der Waals surface area (Å²) in [7, 11) is 0. The highest BCUT2D eigenvalue weighted by Crippen LogP contribution is 2.29. The van der Waals surface area contributed by atoms with Crippen LogP contribution in [0.5, 0.6) is 0 Å². The van der Waals surface area contributed by atoms with Crippen LogP contribution in [0.15, 0.2) is 85.1 Å². The molecule has 5 aromatic rings. The fourth-order valence-corrected chi connectivity index (χ4v) is 3.58. The van der Waals surface area contributed by atoms with E-state index < -0.39 is 5.82 Å². The van der Waals surface area contributed by atoms with E-state index in [-0.39, 0.29) is 12.6 Å². The Hall–Kier alpha value is -4.39. The lowest BCUT2D eigenvalue weighted by Crippen LogP contribution is -2.01. The molecular weight excluding hydrogens is 419 g/mol. The van der Waals surface area contributed by atoms with Gasteiger partial charge in [-0.1, -0.05) is 42.5 Å². The highest BCUT2D eigenvalue weighted by Gasteiger charge is 2.17. The average molecular weight is 438 g/mol. The average Bonchev–Trinajstić information content (AvgIpc) is 3.23. The summed E-state index contributed by atoms with van der Waals surface area (Å²) in [5.41, 5.74) is 5.26. The van der Waals surface area contributed by atoms with Crippen LogP contribution in [0.2, 0.25) is 0 Å². The lowest BCUT2D eigenvalue weighted by molar-refractivity contribution is -0.142. The zero-order valence-corrected chi connectivity index (χ0v) is 17.8. The van der Waals surface area contributed by atoms with Crippen molar-refractivity contribution in [2.75, 3.05) is 0 Å². The lowest BCUT2D eigenvalue weighted by atomic mass is 10.2. The van der Waals surface area contributed by atoms with Gasteiger partial charge in [-0.2, -0.15) is 0 Å². The van der Waals surface area contributed by atoms with Crippen LogP contribution >= 0.6 is 0 Å². The van der Waals surface area contributed by atoms with Gasteiger partial charge in [-0.15, -0.1) is 0 Å². The summed E-state index contributed by atoms with van der Waals surface area (Å²) in [6.07, 6.45) is 1.18. The first-order valence-corrected chi connectivity index (χ1v) is 10.4. The van der Waals surface area contributed by atoms with Crippen molar-refractivity contribution in [3.8, 4) is 28.5 Å². The Bertz CT molecular complexity index is 1430. The molecule has 5 rings (SSSR count). The van der Waals surface area contributed by atoms with Gasteiger partial charge in [-0.05, 0) is 42.0 Å². The third kappa shape index (κ3) is 4.21. The first-order chi connectivity index (χ1) is 16.1. The number of hydrogen-bond donors (Lipinski definition) is 0. The second kappa shape index (κ2) is 8.63. The zero-order valence-electron chi connectivity index (χ0n) is 17.8. The summed E-state index contributed by atoms with van der Waals surface area (Å²) in [4.78, 5) is 24.9. The maximum atomic E-state index is 13.3. The van der Waals surface area contributed by atoms with Crippen LogP contribution < -0.4 is 0 Å². The first-order valence-electron chi connectivity index (χ1n) is 10.4. The molecule has 0 N–H and O–H groups in total. The van der Waals surface area contributed by atoms with Gasteiger partial charge in [0.2, 0.25) is 0 Å². The maximum absolute atomic E-state index is 13.3. The van der Waals surface area contributed by atoms with Gasteiger partial charge in [0.25, 0.3) is 0 Å². The molecule has 0 unspecified atom stereocenters. The lowest BCUT2D eigenvalue weighted by Gasteiger charge is -2.11. The van der Waals surface area contributed by atoms with E-state index in [0.29, 0.717) is 17.0 Å². The molecule has 0 radical (unpaired) electrons. The number of pyridine rings is 2. The van der Waals surface area contributed by atoms with Crippen molar-refractivity contribution in [1.82, 2.24) is 19.5 Å².